The predicted molar refractivity (Wildman–Crippen MR) is 61.3 cm³/mol. The molecule has 3 nitrogen and oxygen atoms in total. The van der Waals surface area contributed by atoms with Gasteiger partial charge in [0.05, 0.1) is 13.1 Å². The maximum atomic E-state index is 11.8. The number of hydrogen-bond acceptors (Lipinski definition) is 2. The minimum Gasteiger partial charge on any atom is -0.339 e. The van der Waals surface area contributed by atoms with Gasteiger partial charge in [-0.25, -0.2) is 0 Å². The Kier molecular flexibility index (Phi) is 4.64. The fourth-order valence-electron chi connectivity index (χ4n) is 2.03. The monoisotopic (exact) mass is 208 g/mol. The van der Waals surface area contributed by atoms with Gasteiger partial charge in [0, 0.05) is 12.6 Å². The molecule has 0 saturated carbocycles. The maximum absolute atomic E-state index is 11.8. The molecule has 1 rings (SSSR count). The summed E-state index contributed by atoms with van der Waals surface area (Å²) in [6, 6.07) is 0.360. The van der Waals surface area contributed by atoms with E-state index in [1.165, 1.54) is 6.42 Å². The van der Waals surface area contributed by atoms with Gasteiger partial charge >= 0.3 is 0 Å². The Morgan fingerprint density at radius 3 is 3.00 bits per heavy atom. The maximum Gasteiger partial charge on any atom is 0.236 e. The zero-order chi connectivity index (χ0) is 11.3. The molecule has 1 amide bonds. The van der Waals surface area contributed by atoms with Crippen molar-refractivity contribution in [3.8, 4) is 12.3 Å². The molecule has 1 heterocycles. The zero-order valence-electron chi connectivity index (χ0n) is 9.62. The van der Waals surface area contributed by atoms with E-state index in [1.807, 2.05) is 4.90 Å². The Hall–Kier alpha value is -1.01. The average molecular weight is 208 g/mol. The molecular weight excluding hydrogens is 188 g/mol. The van der Waals surface area contributed by atoms with Crippen molar-refractivity contribution in [3.63, 3.8) is 0 Å². The zero-order valence-corrected chi connectivity index (χ0v) is 9.62. The van der Waals surface area contributed by atoms with Gasteiger partial charge in [0.25, 0.3) is 0 Å². The van der Waals surface area contributed by atoms with E-state index in [0.29, 0.717) is 25.0 Å². The standard InChI is InChI=1S/C12H20N2O/c1-4-7-13-9-12(15)14-8-5-6-10(2)11(14)3/h1,10-11,13H,5-9H2,2-3H3. The molecule has 0 aromatic carbocycles. The number of rotatable bonds is 3. The minimum atomic E-state index is 0.171. The predicted octanol–water partition coefficient (Wildman–Crippen LogP) is 0.856. The Morgan fingerprint density at radius 2 is 2.33 bits per heavy atom. The van der Waals surface area contributed by atoms with Crippen molar-refractivity contribution in [2.24, 2.45) is 5.92 Å². The molecule has 2 unspecified atom stereocenters. The Bertz CT molecular complexity index is 257. The van der Waals surface area contributed by atoms with E-state index in [2.05, 4.69) is 25.1 Å². The Labute approximate surface area is 92.2 Å². The van der Waals surface area contributed by atoms with Crippen molar-refractivity contribution < 1.29 is 4.79 Å². The first-order chi connectivity index (χ1) is 7.16. The summed E-state index contributed by atoms with van der Waals surface area (Å²) in [4.78, 5) is 13.8. The molecule has 0 spiro atoms. The van der Waals surface area contributed by atoms with Gasteiger partial charge in [-0.15, -0.1) is 6.42 Å². The van der Waals surface area contributed by atoms with E-state index in [4.69, 9.17) is 6.42 Å². The number of nitrogens with zero attached hydrogens (tertiary/aromatic N) is 1. The largest absolute Gasteiger partial charge is 0.339 e. The van der Waals surface area contributed by atoms with E-state index in [0.717, 1.165) is 13.0 Å². The van der Waals surface area contributed by atoms with Crippen LogP contribution in [0.4, 0.5) is 0 Å². The van der Waals surface area contributed by atoms with E-state index >= 15 is 0 Å². The summed E-state index contributed by atoms with van der Waals surface area (Å²) >= 11 is 0. The lowest BCUT2D eigenvalue weighted by molar-refractivity contribution is -0.134. The smallest absolute Gasteiger partial charge is 0.236 e. The summed E-state index contributed by atoms with van der Waals surface area (Å²) in [6.45, 7) is 6.05. The lowest BCUT2D eigenvalue weighted by Gasteiger charge is -2.38. The van der Waals surface area contributed by atoms with Crippen LogP contribution in [0.15, 0.2) is 0 Å². The number of piperidine rings is 1. The van der Waals surface area contributed by atoms with Crippen LogP contribution in [0.1, 0.15) is 26.7 Å². The first-order valence-corrected chi connectivity index (χ1v) is 5.60. The molecule has 1 N–H and O–H groups in total. The molecule has 84 valence electrons. The molecule has 0 aliphatic carbocycles. The first kappa shape index (κ1) is 12.1. The van der Waals surface area contributed by atoms with Gasteiger partial charge in [-0.05, 0) is 25.7 Å². The quantitative estimate of drug-likeness (QED) is 0.551. The fraction of sp³-hybridized carbons (Fsp3) is 0.750. The van der Waals surface area contributed by atoms with E-state index < -0.39 is 0 Å². The highest BCUT2D eigenvalue weighted by Crippen LogP contribution is 2.22. The van der Waals surface area contributed by atoms with Crippen molar-refractivity contribution in [2.45, 2.75) is 32.7 Å². The summed E-state index contributed by atoms with van der Waals surface area (Å²) in [5.74, 6) is 3.24. The normalized spacial score (nSPS) is 26.1. The second-order valence-electron chi connectivity index (χ2n) is 4.25. The van der Waals surface area contributed by atoms with Crippen LogP contribution in [-0.4, -0.2) is 36.5 Å². The number of amides is 1. The minimum absolute atomic E-state index is 0.171. The number of hydrogen-bond donors (Lipinski definition) is 1. The molecule has 0 radical (unpaired) electrons. The van der Waals surface area contributed by atoms with Crippen LogP contribution < -0.4 is 5.32 Å². The van der Waals surface area contributed by atoms with Crippen molar-refractivity contribution in [1.82, 2.24) is 10.2 Å². The SMILES string of the molecule is C#CCNCC(=O)N1CCCC(C)C1C. The summed E-state index contributed by atoms with van der Waals surface area (Å²) in [5.41, 5.74) is 0. The highest BCUT2D eigenvalue weighted by atomic mass is 16.2. The number of nitrogens with one attached hydrogen (secondary N) is 1. The van der Waals surface area contributed by atoms with Crippen LogP contribution in [0.2, 0.25) is 0 Å². The van der Waals surface area contributed by atoms with Gasteiger partial charge < -0.3 is 4.90 Å². The van der Waals surface area contributed by atoms with E-state index in [9.17, 15) is 4.79 Å². The number of carbonyl (C=O) groups excluding carboxylic acids is 1. The molecule has 3 heteroatoms. The third kappa shape index (κ3) is 3.24. The van der Waals surface area contributed by atoms with Gasteiger partial charge in [-0.1, -0.05) is 12.8 Å². The van der Waals surface area contributed by atoms with Crippen molar-refractivity contribution in [2.75, 3.05) is 19.6 Å². The molecule has 2 atom stereocenters. The van der Waals surface area contributed by atoms with Crippen LogP contribution in [0.5, 0.6) is 0 Å². The molecular formula is C12H20N2O. The third-order valence-electron chi connectivity index (χ3n) is 3.20. The average Bonchev–Trinajstić information content (AvgIpc) is 2.22. The van der Waals surface area contributed by atoms with E-state index in [-0.39, 0.29) is 5.91 Å². The topological polar surface area (TPSA) is 32.3 Å². The summed E-state index contributed by atoms with van der Waals surface area (Å²) in [7, 11) is 0. The van der Waals surface area contributed by atoms with Gasteiger partial charge in [0.2, 0.25) is 5.91 Å². The first-order valence-electron chi connectivity index (χ1n) is 5.60. The second-order valence-corrected chi connectivity index (χ2v) is 4.25. The van der Waals surface area contributed by atoms with Crippen LogP contribution in [0.25, 0.3) is 0 Å². The molecule has 0 aromatic rings. The highest BCUT2D eigenvalue weighted by Gasteiger charge is 2.27. The number of terminal acetylenes is 1. The van der Waals surface area contributed by atoms with E-state index in [1.54, 1.807) is 0 Å². The fourth-order valence-corrected chi connectivity index (χ4v) is 2.03. The van der Waals surface area contributed by atoms with Crippen molar-refractivity contribution in [1.29, 1.82) is 0 Å². The van der Waals surface area contributed by atoms with Crippen LogP contribution in [0.3, 0.4) is 0 Å². The third-order valence-corrected chi connectivity index (χ3v) is 3.20. The van der Waals surface area contributed by atoms with Crippen molar-refractivity contribution >= 4 is 5.91 Å². The van der Waals surface area contributed by atoms with Crippen LogP contribution in [0, 0.1) is 18.3 Å². The van der Waals surface area contributed by atoms with Crippen LogP contribution in [-0.2, 0) is 4.79 Å². The highest BCUT2D eigenvalue weighted by molar-refractivity contribution is 5.78. The summed E-state index contributed by atoms with van der Waals surface area (Å²) < 4.78 is 0. The van der Waals surface area contributed by atoms with Gasteiger partial charge in [-0.2, -0.15) is 0 Å². The van der Waals surface area contributed by atoms with Gasteiger partial charge in [0.15, 0.2) is 0 Å². The summed E-state index contributed by atoms with van der Waals surface area (Å²) in [5, 5.41) is 2.94. The molecule has 0 bridgehead atoms. The van der Waals surface area contributed by atoms with Crippen LogP contribution >= 0.6 is 0 Å². The Morgan fingerprint density at radius 1 is 1.60 bits per heavy atom. The molecule has 15 heavy (non-hydrogen) atoms. The van der Waals surface area contributed by atoms with Gasteiger partial charge in [-0.3, -0.25) is 10.1 Å². The Balaban J connectivity index is 2.41. The number of likely N-dealkylation sites (tertiary alicyclic amines) is 1. The molecule has 1 aliphatic rings. The van der Waals surface area contributed by atoms with Gasteiger partial charge in [0.1, 0.15) is 0 Å². The molecule has 1 saturated heterocycles. The molecule has 1 fully saturated rings. The summed E-state index contributed by atoms with van der Waals surface area (Å²) in [6.07, 6.45) is 7.45. The molecule has 1 aliphatic heterocycles. The molecule has 0 aromatic heterocycles. The number of carbonyl (C=O) groups is 1. The lowest BCUT2D eigenvalue weighted by Crippen LogP contribution is -2.49. The van der Waals surface area contributed by atoms with Crippen molar-refractivity contribution in [3.05, 3.63) is 0 Å². The lowest BCUT2D eigenvalue weighted by atomic mass is 9.92. The second kappa shape index (κ2) is 5.77.